The highest BCUT2D eigenvalue weighted by Crippen LogP contribution is 2.35. The number of aryl methyl sites for hydroxylation is 3. The maximum atomic E-state index is 12.9. The molecule has 3 rings (SSSR count). The van der Waals surface area contributed by atoms with Gasteiger partial charge in [-0.2, -0.15) is 5.10 Å². The van der Waals surface area contributed by atoms with Crippen molar-refractivity contribution in [1.82, 2.24) is 14.7 Å². The molecule has 1 N–H and O–H groups in total. The van der Waals surface area contributed by atoms with Crippen molar-refractivity contribution in [3.05, 3.63) is 52.8 Å². The van der Waals surface area contributed by atoms with E-state index in [-0.39, 0.29) is 17.9 Å². The summed E-state index contributed by atoms with van der Waals surface area (Å²) in [6, 6.07) is 10.5. The van der Waals surface area contributed by atoms with Gasteiger partial charge in [-0.3, -0.25) is 9.48 Å². The van der Waals surface area contributed by atoms with Gasteiger partial charge in [0.15, 0.2) is 0 Å². The Morgan fingerprint density at radius 2 is 1.97 bits per heavy atom. The van der Waals surface area contributed by atoms with E-state index in [9.17, 15) is 9.90 Å². The minimum Gasteiger partial charge on any atom is -0.396 e. The Labute approximate surface area is 174 Å². The summed E-state index contributed by atoms with van der Waals surface area (Å²) in [5.74, 6) is 0.202. The number of hydrogen-bond acceptors (Lipinski definition) is 3. The van der Waals surface area contributed by atoms with E-state index in [0.717, 1.165) is 56.5 Å². The third kappa shape index (κ3) is 5.27. The highest BCUT2D eigenvalue weighted by atomic mass is 16.3. The molecule has 1 aliphatic heterocycles. The molecule has 5 heteroatoms. The van der Waals surface area contributed by atoms with Crippen LogP contribution >= 0.6 is 0 Å². The van der Waals surface area contributed by atoms with Gasteiger partial charge >= 0.3 is 0 Å². The third-order valence-corrected chi connectivity index (χ3v) is 6.61. The van der Waals surface area contributed by atoms with Gasteiger partial charge < -0.3 is 10.0 Å². The lowest BCUT2D eigenvalue weighted by Gasteiger charge is -2.42. The summed E-state index contributed by atoms with van der Waals surface area (Å²) >= 11 is 0. The van der Waals surface area contributed by atoms with Crippen molar-refractivity contribution >= 4 is 5.91 Å². The average Bonchev–Trinajstić information content (AvgIpc) is 2.98. The van der Waals surface area contributed by atoms with Crippen LogP contribution in [0.4, 0.5) is 0 Å². The van der Waals surface area contributed by atoms with Crippen molar-refractivity contribution in [1.29, 1.82) is 0 Å². The largest absolute Gasteiger partial charge is 0.396 e. The molecule has 0 spiro atoms. The van der Waals surface area contributed by atoms with Gasteiger partial charge in [-0.05, 0) is 63.5 Å². The zero-order valence-corrected chi connectivity index (χ0v) is 18.2. The minimum atomic E-state index is -0.150. The molecule has 1 amide bonds. The first-order chi connectivity index (χ1) is 13.9. The molecule has 0 unspecified atom stereocenters. The van der Waals surface area contributed by atoms with Crippen LogP contribution < -0.4 is 0 Å². The molecule has 1 aromatic carbocycles. The number of hydrogen-bond donors (Lipinski definition) is 1. The zero-order chi connectivity index (χ0) is 20.9. The van der Waals surface area contributed by atoms with E-state index in [1.54, 1.807) is 0 Å². The van der Waals surface area contributed by atoms with E-state index >= 15 is 0 Å². The Bertz CT molecular complexity index is 815. The van der Waals surface area contributed by atoms with Gasteiger partial charge in [-0.15, -0.1) is 0 Å². The lowest BCUT2D eigenvalue weighted by molar-refractivity contribution is -0.135. The lowest BCUT2D eigenvalue weighted by Crippen LogP contribution is -2.48. The number of piperidine rings is 1. The molecular formula is C24H35N3O2. The Hall–Kier alpha value is -2.14. The third-order valence-electron chi connectivity index (χ3n) is 6.61. The van der Waals surface area contributed by atoms with Crippen LogP contribution in [0, 0.1) is 19.3 Å². The highest BCUT2D eigenvalue weighted by molar-refractivity contribution is 5.76. The van der Waals surface area contributed by atoms with Crippen LogP contribution in [0.5, 0.6) is 0 Å². The van der Waals surface area contributed by atoms with Crippen LogP contribution in [-0.4, -0.2) is 45.4 Å². The van der Waals surface area contributed by atoms with E-state index in [2.05, 4.69) is 36.3 Å². The predicted molar refractivity (Wildman–Crippen MR) is 116 cm³/mol. The smallest absolute Gasteiger partial charge is 0.222 e. The molecule has 0 bridgehead atoms. The maximum absolute atomic E-state index is 12.9. The molecule has 1 fully saturated rings. The summed E-state index contributed by atoms with van der Waals surface area (Å²) in [5.41, 5.74) is 4.53. The lowest BCUT2D eigenvalue weighted by atomic mass is 9.76. The van der Waals surface area contributed by atoms with Crippen LogP contribution in [0.1, 0.15) is 54.6 Å². The van der Waals surface area contributed by atoms with Gasteiger partial charge in [-0.1, -0.05) is 30.3 Å². The first-order valence-electron chi connectivity index (χ1n) is 10.9. The molecular weight excluding hydrogens is 362 g/mol. The van der Waals surface area contributed by atoms with E-state index in [0.29, 0.717) is 13.0 Å². The molecule has 0 aliphatic carbocycles. The highest BCUT2D eigenvalue weighted by Gasteiger charge is 2.36. The summed E-state index contributed by atoms with van der Waals surface area (Å²) in [6.45, 7) is 5.72. The van der Waals surface area contributed by atoms with Crippen molar-refractivity contribution < 1.29 is 9.90 Å². The quantitative estimate of drug-likeness (QED) is 0.740. The molecule has 1 atom stereocenters. The molecule has 1 saturated heterocycles. The normalized spacial score (nSPS) is 19.5. The molecule has 1 aliphatic rings. The zero-order valence-electron chi connectivity index (χ0n) is 18.2. The summed E-state index contributed by atoms with van der Waals surface area (Å²) in [4.78, 5) is 14.9. The molecule has 2 heterocycles. The van der Waals surface area contributed by atoms with Gasteiger partial charge in [0.2, 0.25) is 5.91 Å². The number of amides is 1. The van der Waals surface area contributed by atoms with Crippen LogP contribution in [0.15, 0.2) is 30.3 Å². The summed E-state index contributed by atoms with van der Waals surface area (Å²) in [6.07, 6.45) is 6.26. The SMILES string of the molecule is Cc1nn(C)c(C)c1CCC(=O)N1CCC[C@@](CO)(CCCc2ccccc2)C1. The van der Waals surface area contributed by atoms with E-state index in [1.807, 2.05) is 29.6 Å². The number of likely N-dealkylation sites (tertiary alicyclic amines) is 1. The Morgan fingerprint density at radius 3 is 2.62 bits per heavy atom. The van der Waals surface area contributed by atoms with Crippen molar-refractivity contribution in [2.45, 2.75) is 58.8 Å². The second-order valence-corrected chi connectivity index (χ2v) is 8.69. The minimum absolute atomic E-state index is 0.150. The van der Waals surface area contributed by atoms with Crippen LogP contribution in [0.2, 0.25) is 0 Å². The van der Waals surface area contributed by atoms with Crippen LogP contribution in [-0.2, 0) is 24.7 Å². The topological polar surface area (TPSA) is 58.4 Å². The average molecular weight is 398 g/mol. The molecule has 0 saturated carbocycles. The van der Waals surface area contributed by atoms with Crippen LogP contribution in [0.25, 0.3) is 0 Å². The van der Waals surface area contributed by atoms with Crippen molar-refractivity contribution in [2.24, 2.45) is 12.5 Å². The molecule has 1 aromatic heterocycles. The Balaban J connectivity index is 1.55. The fourth-order valence-electron chi connectivity index (χ4n) is 4.71. The molecule has 29 heavy (non-hydrogen) atoms. The summed E-state index contributed by atoms with van der Waals surface area (Å²) < 4.78 is 1.89. The van der Waals surface area contributed by atoms with E-state index < -0.39 is 0 Å². The van der Waals surface area contributed by atoms with E-state index in [4.69, 9.17) is 0 Å². The summed E-state index contributed by atoms with van der Waals surface area (Å²) in [7, 11) is 1.95. The van der Waals surface area contributed by atoms with Gasteiger partial charge in [-0.25, -0.2) is 0 Å². The number of aromatic nitrogens is 2. The van der Waals surface area contributed by atoms with Gasteiger partial charge in [0.25, 0.3) is 0 Å². The molecule has 5 nitrogen and oxygen atoms in total. The Morgan fingerprint density at radius 1 is 1.21 bits per heavy atom. The first-order valence-corrected chi connectivity index (χ1v) is 10.9. The van der Waals surface area contributed by atoms with Crippen molar-refractivity contribution in [3.63, 3.8) is 0 Å². The second kappa shape index (κ2) is 9.57. The Kier molecular flexibility index (Phi) is 7.12. The fraction of sp³-hybridized carbons (Fsp3) is 0.583. The number of nitrogens with zero attached hydrogens (tertiary/aromatic N) is 3. The number of aliphatic hydroxyl groups is 1. The predicted octanol–water partition coefficient (Wildman–Crippen LogP) is 3.59. The summed E-state index contributed by atoms with van der Waals surface area (Å²) in [5, 5.41) is 14.6. The fourth-order valence-corrected chi connectivity index (χ4v) is 4.71. The van der Waals surface area contributed by atoms with Crippen molar-refractivity contribution in [2.75, 3.05) is 19.7 Å². The van der Waals surface area contributed by atoms with Gasteiger partial charge in [0.1, 0.15) is 0 Å². The number of carbonyl (C=O) groups excluding carboxylic acids is 1. The monoisotopic (exact) mass is 397 g/mol. The maximum Gasteiger partial charge on any atom is 0.222 e. The number of carbonyl (C=O) groups is 1. The number of benzene rings is 1. The molecule has 158 valence electrons. The molecule has 2 aromatic rings. The van der Waals surface area contributed by atoms with E-state index in [1.165, 1.54) is 11.1 Å². The molecule has 0 radical (unpaired) electrons. The number of rotatable bonds is 8. The first kappa shape index (κ1) is 21.6. The van der Waals surface area contributed by atoms with Gasteiger partial charge in [0, 0.05) is 37.7 Å². The van der Waals surface area contributed by atoms with Gasteiger partial charge in [0.05, 0.1) is 12.3 Å². The number of aliphatic hydroxyl groups excluding tert-OH is 1. The van der Waals surface area contributed by atoms with Crippen LogP contribution in [0.3, 0.4) is 0 Å². The second-order valence-electron chi connectivity index (χ2n) is 8.69. The van der Waals surface area contributed by atoms with Crippen molar-refractivity contribution in [3.8, 4) is 0 Å². The standard InChI is InChI=1S/C24H35N3O2/c1-19-22(20(2)26(3)25-19)12-13-23(29)27-16-8-15-24(17-27,18-28)14-7-11-21-9-5-4-6-10-21/h4-6,9-10,28H,7-8,11-18H2,1-3H3/t24-/m0/s1.